The number of ether oxygens (including phenoxy) is 2. The number of hydrogen-bond donors (Lipinski definition) is 2. The van der Waals surface area contributed by atoms with Crippen LogP contribution in [0.1, 0.15) is 18.1 Å². The standard InChI is InChI=1S/C21H22FN5O3/c1-3-30-26-11-17-20(23)24-13-25-21(17)27-16-7-8-18(19(10-16)28-2)29-12-14-5-4-6-15(22)9-14/h4-11,13H,3,12H2,1-2H3,(H3,23,24,25,27). The van der Waals surface area contributed by atoms with Crippen molar-refractivity contribution < 1.29 is 18.7 Å². The molecule has 0 aliphatic carbocycles. The first-order valence-electron chi connectivity index (χ1n) is 9.18. The molecule has 0 radical (unpaired) electrons. The molecule has 0 aliphatic heterocycles. The van der Waals surface area contributed by atoms with E-state index in [2.05, 4.69) is 20.4 Å². The first kappa shape index (κ1) is 20.8. The minimum absolute atomic E-state index is 0.210. The summed E-state index contributed by atoms with van der Waals surface area (Å²) in [5, 5.41) is 6.99. The van der Waals surface area contributed by atoms with E-state index in [1.165, 1.54) is 31.8 Å². The van der Waals surface area contributed by atoms with Crippen LogP contribution in [0.2, 0.25) is 0 Å². The van der Waals surface area contributed by atoms with Gasteiger partial charge in [-0.2, -0.15) is 0 Å². The molecule has 3 N–H and O–H groups in total. The van der Waals surface area contributed by atoms with Crippen molar-refractivity contribution in [3.05, 3.63) is 65.7 Å². The second-order valence-corrected chi connectivity index (χ2v) is 6.08. The summed E-state index contributed by atoms with van der Waals surface area (Å²) in [6.45, 7) is 2.47. The quantitative estimate of drug-likeness (QED) is 0.406. The highest BCUT2D eigenvalue weighted by Crippen LogP contribution is 2.32. The van der Waals surface area contributed by atoms with Crippen molar-refractivity contribution in [1.82, 2.24) is 9.97 Å². The zero-order valence-corrected chi connectivity index (χ0v) is 16.6. The van der Waals surface area contributed by atoms with Gasteiger partial charge in [-0.25, -0.2) is 14.4 Å². The fourth-order valence-corrected chi connectivity index (χ4v) is 2.59. The smallest absolute Gasteiger partial charge is 0.162 e. The molecule has 8 nitrogen and oxygen atoms in total. The van der Waals surface area contributed by atoms with Gasteiger partial charge >= 0.3 is 0 Å². The second kappa shape index (κ2) is 10.1. The van der Waals surface area contributed by atoms with Crippen molar-refractivity contribution in [2.45, 2.75) is 13.5 Å². The average Bonchev–Trinajstić information content (AvgIpc) is 2.75. The molecule has 0 aliphatic rings. The SMILES string of the molecule is CCON=Cc1c(N)ncnc1Nc1ccc(OCc2cccc(F)c2)c(OC)c1. The van der Waals surface area contributed by atoms with Crippen LogP contribution < -0.4 is 20.5 Å². The molecule has 0 fully saturated rings. The Hall–Kier alpha value is -3.88. The Morgan fingerprint density at radius 3 is 2.80 bits per heavy atom. The fraction of sp³-hybridized carbons (Fsp3) is 0.190. The van der Waals surface area contributed by atoms with E-state index in [0.29, 0.717) is 40.7 Å². The Bertz CT molecular complexity index is 1030. The highest BCUT2D eigenvalue weighted by molar-refractivity contribution is 5.92. The van der Waals surface area contributed by atoms with Crippen LogP contribution in [0.25, 0.3) is 0 Å². The number of rotatable bonds is 9. The van der Waals surface area contributed by atoms with Crippen LogP contribution in [0.4, 0.5) is 21.7 Å². The third-order valence-electron chi connectivity index (χ3n) is 4.01. The molecule has 3 rings (SSSR count). The molecule has 0 spiro atoms. The Labute approximate surface area is 173 Å². The van der Waals surface area contributed by atoms with Gasteiger partial charge in [-0.3, -0.25) is 0 Å². The van der Waals surface area contributed by atoms with Crippen LogP contribution >= 0.6 is 0 Å². The van der Waals surface area contributed by atoms with Gasteiger partial charge in [0.25, 0.3) is 0 Å². The first-order valence-corrected chi connectivity index (χ1v) is 9.18. The number of oxime groups is 1. The third-order valence-corrected chi connectivity index (χ3v) is 4.01. The van der Waals surface area contributed by atoms with E-state index in [1.807, 2.05) is 6.92 Å². The molecule has 9 heteroatoms. The molecule has 0 bridgehead atoms. The van der Waals surface area contributed by atoms with Gasteiger partial charge in [-0.05, 0) is 36.8 Å². The Morgan fingerprint density at radius 2 is 2.03 bits per heavy atom. The maximum atomic E-state index is 13.3. The van der Waals surface area contributed by atoms with Crippen molar-refractivity contribution in [2.24, 2.45) is 5.16 Å². The van der Waals surface area contributed by atoms with Crippen LogP contribution in [0, 0.1) is 5.82 Å². The fourth-order valence-electron chi connectivity index (χ4n) is 2.59. The topological polar surface area (TPSA) is 104 Å². The maximum absolute atomic E-state index is 13.3. The second-order valence-electron chi connectivity index (χ2n) is 6.08. The molecule has 0 saturated heterocycles. The Kier molecular flexibility index (Phi) is 6.99. The van der Waals surface area contributed by atoms with Gasteiger partial charge in [0.1, 0.15) is 37.0 Å². The largest absolute Gasteiger partial charge is 0.493 e. The molecule has 0 saturated carbocycles. The molecular weight excluding hydrogens is 389 g/mol. The number of methoxy groups -OCH3 is 1. The summed E-state index contributed by atoms with van der Waals surface area (Å²) >= 11 is 0. The van der Waals surface area contributed by atoms with Crippen LogP contribution in [-0.2, 0) is 11.4 Å². The van der Waals surface area contributed by atoms with Crippen molar-refractivity contribution in [2.75, 3.05) is 24.8 Å². The summed E-state index contributed by atoms with van der Waals surface area (Å²) in [4.78, 5) is 13.2. The number of anilines is 3. The number of nitrogens with one attached hydrogen (secondary N) is 1. The van der Waals surface area contributed by atoms with Gasteiger partial charge in [0.2, 0.25) is 0 Å². The maximum Gasteiger partial charge on any atom is 0.162 e. The van der Waals surface area contributed by atoms with Crippen molar-refractivity contribution >= 4 is 23.5 Å². The van der Waals surface area contributed by atoms with E-state index in [4.69, 9.17) is 20.0 Å². The summed E-state index contributed by atoms with van der Waals surface area (Å²) in [6, 6.07) is 11.5. The van der Waals surface area contributed by atoms with Gasteiger partial charge in [0, 0.05) is 11.8 Å². The Morgan fingerprint density at radius 1 is 1.17 bits per heavy atom. The number of benzene rings is 2. The van der Waals surface area contributed by atoms with E-state index in [1.54, 1.807) is 30.3 Å². The predicted octanol–water partition coefficient (Wildman–Crippen LogP) is 3.90. The number of nitrogens with two attached hydrogens (primary N) is 1. The molecule has 0 amide bonds. The lowest BCUT2D eigenvalue weighted by molar-refractivity contribution is 0.160. The lowest BCUT2D eigenvalue weighted by Crippen LogP contribution is -2.05. The van der Waals surface area contributed by atoms with Gasteiger partial charge < -0.3 is 25.4 Å². The van der Waals surface area contributed by atoms with Crippen LogP contribution in [0.3, 0.4) is 0 Å². The van der Waals surface area contributed by atoms with Crippen LogP contribution in [-0.4, -0.2) is 29.9 Å². The molecule has 0 atom stereocenters. The highest BCUT2D eigenvalue weighted by Gasteiger charge is 2.11. The molecule has 0 unspecified atom stereocenters. The van der Waals surface area contributed by atoms with E-state index in [-0.39, 0.29) is 18.2 Å². The average molecular weight is 411 g/mol. The van der Waals surface area contributed by atoms with Gasteiger partial charge in [-0.1, -0.05) is 17.3 Å². The first-order chi connectivity index (χ1) is 14.6. The summed E-state index contributed by atoms with van der Waals surface area (Å²) in [7, 11) is 1.54. The lowest BCUT2D eigenvalue weighted by Gasteiger charge is -2.14. The number of nitrogen functional groups attached to an aromatic ring is 1. The van der Waals surface area contributed by atoms with Gasteiger partial charge in [0.05, 0.1) is 18.9 Å². The van der Waals surface area contributed by atoms with E-state index >= 15 is 0 Å². The molecular formula is C21H22FN5O3. The zero-order valence-electron chi connectivity index (χ0n) is 16.6. The minimum atomic E-state index is -0.310. The number of hydrogen-bond acceptors (Lipinski definition) is 8. The normalized spacial score (nSPS) is 10.8. The zero-order chi connectivity index (χ0) is 21.3. The lowest BCUT2D eigenvalue weighted by atomic mass is 10.2. The van der Waals surface area contributed by atoms with Crippen LogP contribution in [0.15, 0.2) is 53.9 Å². The van der Waals surface area contributed by atoms with E-state index < -0.39 is 0 Å². The summed E-state index contributed by atoms with van der Waals surface area (Å²) in [5.41, 5.74) is 7.84. The molecule has 156 valence electrons. The Balaban J connectivity index is 1.77. The molecule has 2 aromatic carbocycles. The summed E-state index contributed by atoms with van der Waals surface area (Å²) < 4.78 is 24.5. The van der Waals surface area contributed by atoms with Crippen molar-refractivity contribution in [1.29, 1.82) is 0 Å². The monoisotopic (exact) mass is 411 g/mol. The van der Waals surface area contributed by atoms with Crippen LogP contribution in [0.5, 0.6) is 11.5 Å². The van der Waals surface area contributed by atoms with Gasteiger partial charge in [-0.15, -0.1) is 0 Å². The number of aromatic nitrogens is 2. The highest BCUT2D eigenvalue weighted by atomic mass is 19.1. The molecule has 30 heavy (non-hydrogen) atoms. The summed E-state index contributed by atoms with van der Waals surface area (Å²) in [5.74, 6) is 1.44. The third kappa shape index (κ3) is 5.34. The minimum Gasteiger partial charge on any atom is -0.493 e. The number of nitrogens with zero attached hydrogens (tertiary/aromatic N) is 3. The van der Waals surface area contributed by atoms with E-state index in [9.17, 15) is 4.39 Å². The van der Waals surface area contributed by atoms with E-state index in [0.717, 1.165) is 0 Å². The van der Waals surface area contributed by atoms with Gasteiger partial charge in [0.15, 0.2) is 11.5 Å². The summed E-state index contributed by atoms with van der Waals surface area (Å²) in [6.07, 6.45) is 2.80. The van der Waals surface area contributed by atoms with Crippen molar-refractivity contribution in [3.63, 3.8) is 0 Å². The molecule has 3 aromatic rings. The van der Waals surface area contributed by atoms with Crippen molar-refractivity contribution in [3.8, 4) is 11.5 Å². The molecule has 1 heterocycles. The molecule has 1 aromatic heterocycles. The predicted molar refractivity (Wildman–Crippen MR) is 113 cm³/mol. The number of halogens is 1.